The lowest BCUT2D eigenvalue weighted by atomic mass is 10.0. The van der Waals surface area contributed by atoms with Crippen molar-refractivity contribution in [3.63, 3.8) is 0 Å². The molecule has 0 fully saturated rings. The van der Waals surface area contributed by atoms with Crippen molar-refractivity contribution in [3.8, 4) is 0 Å². The number of carbonyl (C=O) groups excluding carboxylic acids is 2. The van der Waals surface area contributed by atoms with Gasteiger partial charge in [0.1, 0.15) is 0 Å². The highest BCUT2D eigenvalue weighted by molar-refractivity contribution is 6.12. The summed E-state index contributed by atoms with van der Waals surface area (Å²) in [5.74, 6) is -2.55. The third-order valence-electron chi connectivity index (χ3n) is 7.18. The van der Waals surface area contributed by atoms with Gasteiger partial charge in [0.15, 0.2) is 0 Å². The fourth-order valence-electron chi connectivity index (χ4n) is 4.51. The summed E-state index contributed by atoms with van der Waals surface area (Å²) in [6, 6.07) is 14.7. The molecular weight excluding hydrogens is 694 g/mol. The fraction of sp³-hybridized carbons (Fsp3) is 0.152. The molecule has 19 N–H and O–H groups in total. The van der Waals surface area contributed by atoms with Gasteiger partial charge < -0.3 is 38.9 Å². The Morgan fingerprint density at radius 1 is 0.444 bits per heavy atom. The van der Waals surface area contributed by atoms with E-state index in [0.29, 0.717) is 62.2 Å². The first-order chi connectivity index (χ1) is 25.4. The van der Waals surface area contributed by atoms with E-state index in [1.54, 1.807) is 83.3 Å². The van der Waals surface area contributed by atoms with E-state index in [9.17, 15) is 9.59 Å². The number of amides is 2. The SMILES string of the molecule is CNc1cc(C(=O)Nc2cc(/C(C)=N\NC(=N)N)cc(/C(C)=N\NC(=N)N)c2)cc(C(=O)Nc2cc(/C(C)=N\NC(=N)N)cc(/C(C)=N/NC(=N)N)c2)c1. The summed E-state index contributed by atoms with van der Waals surface area (Å²) < 4.78 is 0. The lowest BCUT2D eigenvalue weighted by Gasteiger charge is -2.14. The highest BCUT2D eigenvalue weighted by atomic mass is 16.2. The van der Waals surface area contributed by atoms with Crippen molar-refractivity contribution in [1.82, 2.24) is 21.7 Å². The summed E-state index contributed by atoms with van der Waals surface area (Å²) >= 11 is 0. The number of hydrazone groups is 4. The molecule has 3 aromatic carbocycles. The topological polar surface area (TPSA) is 367 Å². The molecule has 0 saturated heterocycles. The number of nitrogens with one attached hydrogen (secondary N) is 11. The summed E-state index contributed by atoms with van der Waals surface area (Å²) in [6.45, 7) is 6.70. The summed E-state index contributed by atoms with van der Waals surface area (Å²) in [4.78, 5) is 27.5. The minimum atomic E-state index is -0.545. The van der Waals surface area contributed by atoms with Crippen molar-refractivity contribution in [1.29, 1.82) is 21.6 Å². The van der Waals surface area contributed by atoms with Gasteiger partial charge in [-0.15, -0.1) is 0 Å². The lowest BCUT2D eigenvalue weighted by molar-refractivity contribution is 0.102. The lowest BCUT2D eigenvalue weighted by Crippen LogP contribution is -2.27. The standard InChI is InChI=1S/C33H43N19O2/c1-15(45-49-30(34)35)19-6-20(16(2)46-50-31(36)37)10-26(9-19)43-28(53)23-8-24(14-25(13-23)42-5)29(54)44-27-11-21(17(3)47-51-32(38)39)7-22(12-27)18(4)48-52-33(40)41/h6-14,42H,1-5H3,(H,43,53)(H,44,54)(H4,34,35,49)(H4,36,37,50)(H4,38,39,51)(H4,40,41,52)/b45-15-,46-16-,47-17-,48-18+. The van der Waals surface area contributed by atoms with Crippen molar-refractivity contribution in [3.05, 3.63) is 88.0 Å². The first-order valence-electron chi connectivity index (χ1n) is 15.8. The van der Waals surface area contributed by atoms with Crippen molar-refractivity contribution in [2.45, 2.75) is 27.7 Å². The van der Waals surface area contributed by atoms with Crippen LogP contribution in [0.25, 0.3) is 0 Å². The second-order valence-electron chi connectivity index (χ2n) is 11.4. The van der Waals surface area contributed by atoms with Crippen LogP contribution in [0.3, 0.4) is 0 Å². The number of nitrogens with zero attached hydrogens (tertiary/aromatic N) is 4. The molecule has 21 nitrogen and oxygen atoms in total. The summed E-state index contributed by atoms with van der Waals surface area (Å²) in [6.07, 6.45) is 0. The summed E-state index contributed by atoms with van der Waals surface area (Å²) in [7, 11) is 1.65. The van der Waals surface area contributed by atoms with E-state index in [2.05, 4.69) is 58.1 Å². The first kappa shape index (κ1) is 40.6. The monoisotopic (exact) mass is 737 g/mol. The van der Waals surface area contributed by atoms with Crippen LogP contribution >= 0.6 is 0 Å². The van der Waals surface area contributed by atoms with Crippen LogP contribution in [0.1, 0.15) is 70.7 Å². The predicted octanol–water partition coefficient (Wildman–Crippen LogP) is 1.06. The van der Waals surface area contributed by atoms with Gasteiger partial charge in [-0.2, -0.15) is 20.4 Å². The van der Waals surface area contributed by atoms with E-state index >= 15 is 0 Å². The minimum Gasteiger partial charge on any atom is -0.388 e. The van der Waals surface area contributed by atoms with E-state index < -0.39 is 11.8 Å². The molecule has 0 saturated carbocycles. The molecular formula is C33H43N19O2. The highest BCUT2D eigenvalue weighted by Gasteiger charge is 2.17. The van der Waals surface area contributed by atoms with Crippen LogP contribution in [0.15, 0.2) is 75.0 Å². The van der Waals surface area contributed by atoms with Gasteiger partial charge >= 0.3 is 0 Å². The van der Waals surface area contributed by atoms with Crippen molar-refractivity contribution >= 4 is 75.6 Å². The van der Waals surface area contributed by atoms with Crippen LogP contribution < -0.4 is 60.6 Å². The van der Waals surface area contributed by atoms with Crippen LogP contribution in [0.5, 0.6) is 0 Å². The quantitative estimate of drug-likeness (QED) is 0.0668. The number of hydrogen-bond donors (Lipinski definition) is 15. The van der Waals surface area contributed by atoms with Crippen molar-refractivity contribution < 1.29 is 9.59 Å². The predicted molar refractivity (Wildman–Crippen MR) is 214 cm³/mol. The Morgan fingerprint density at radius 3 is 0.926 bits per heavy atom. The number of guanidine groups is 4. The Morgan fingerprint density at radius 2 is 0.685 bits per heavy atom. The molecule has 0 aliphatic heterocycles. The maximum Gasteiger partial charge on any atom is 0.255 e. The van der Waals surface area contributed by atoms with E-state index in [1.807, 2.05) is 0 Å². The molecule has 0 spiro atoms. The number of rotatable bonds is 13. The zero-order chi connectivity index (χ0) is 40.1. The second kappa shape index (κ2) is 18.4. The normalized spacial score (nSPS) is 11.9. The van der Waals surface area contributed by atoms with Gasteiger partial charge in [0.2, 0.25) is 23.8 Å². The molecule has 282 valence electrons. The molecule has 21 heteroatoms. The molecule has 0 unspecified atom stereocenters. The largest absolute Gasteiger partial charge is 0.388 e. The Kier molecular flexibility index (Phi) is 13.8. The number of hydrogen-bond acceptors (Lipinski definition) is 11. The maximum atomic E-state index is 13.7. The molecule has 0 aliphatic carbocycles. The van der Waals surface area contributed by atoms with E-state index in [0.717, 1.165) is 0 Å². The second-order valence-corrected chi connectivity index (χ2v) is 11.4. The molecule has 54 heavy (non-hydrogen) atoms. The molecule has 0 radical (unpaired) electrons. The Bertz CT molecular complexity index is 1870. The zero-order valence-corrected chi connectivity index (χ0v) is 30.1. The fourth-order valence-corrected chi connectivity index (χ4v) is 4.51. The van der Waals surface area contributed by atoms with Gasteiger partial charge in [-0.05, 0) is 82.3 Å². The van der Waals surface area contributed by atoms with E-state index in [1.165, 1.54) is 6.07 Å². The molecule has 3 aromatic rings. The van der Waals surface area contributed by atoms with Gasteiger partial charge in [0.05, 0.1) is 22.8 Å². The van der Waals surface area contributed by atoms with Crippen LogP contribution in [0.4, 0.5) is 17.1 Å². The first-order valence-corrected chi connectivity index (χ1v) is 15.8. The maximum absolute atomic E-state index is 13.7. The molecule has 0 aromatic heterocycles. The van der Waals surface area contributed by atoms with Gasteiger partial charge in [-0.25, -0.2) is 21.7 Å². The van der Waals surface area contributed by atoms with Crippen LogP contribution in [-0.4, -0.2) is 65.5 Å². The van der Waals surface area contributed by atoms with Crippen molar-refractivity contribution in [2.24, 2.45) is 43.3 Å². The molecule has 2 amide bonds. The molecule has 0 bridgehead atoms. The molecule has 0 aliphatic rings. The van der Waals surface area contributed by atoms with Gasteiger partial charge in [0.25, 0.3) is 11.8 Å². The number of benzene rings is 3. The molecule has 3 rings (SSSR count). The molecule has 0 heterocycles. The highest BCUT2D eigenvalue weighted by Crippen LogP contribution is 2.22. The van der Waals surface area contributed by atoms with Gasteiger partial charge in [-0.1, -0.05) is 0 Å². The Labute approximate surface area is 310 Å². The summed E-state index contributed by atoms with van der Waals surface area (Å²) in [5.41, 5.74) is 36.5. The van der Waals surface area contributed by atoms with Crippen molar-refractivity contribution in [2.75, 3.05) is 23.0 Å². The van der Waals surface area contributed by atoms with E-state index in [4.69, 9.17) is 44.6 Å². The molecule has 0 atom stereocenters. The van der Waals surface area contributed by atoms with Gasteiger partial charge in [-0.3, -0.25) is 31.2 Å². The third-order valence-corrected chi connectivity index (χ3v) is 7.18. The average molecular weight is 738 g/mol. The minimum absolute atomic E-state index is 0.150. The third kappa shape index (κ3) is 12.2. The number of carbonyl (C=O) groups is 2. The van der Waals surface area contributed by atoms with Crippen LogP contribution in [0.2, 0.25) is 0 Å². The van der Waals surface area contributed by atoms with Crippen LogP contribution in [-0.2, 0) is 0 Å². The number of anilines is 3. The van der Waals surface area contributed by atoms with Gasteiger partial charge in [0, 0.05) is 57.5 Å². The zero-order valence-electron chi connectivity index (χ0n) is 30.1. The number of nitrogens with two attached hydrogens (primary N) is 4. The smallest absolute Gasteiger partial charge is 0.255 e. The Hall–Kier alpha value is -7.84. The van der Waals surface area contributed by atoms with E-state index in [-0.39, 0.29) is 35.0 Å². The average Bonchev–Trinajstić information content (AvgIpc) is 3.13. The summed E-state index contributed by atoms with van der Waals surface area (Å²) in [5, 5.41) is 54.7. The van der Waals surface area contributed by atoms with Crippen LogP contribution in [0, 0.1) is 21.6 Å². The Balaban J connectivity index is 2.02.